The molecule has 0 amide bonds. The van der Waals surface area contributed by atoms with Crippen LogP contribution in [0.3, 0.4) is 0 Å². The second kappa shape index (κ2) is 6.37. The van der Waals surface area contributed by atoms with Crippen LogP contribution in [0, 0.1) is 5.92 Å². The molecular formula is C15H27N3. The Morgan fingerprint density at radius 1 is 1.39 bits per heavy atom. The number of hydrogen-bond donors (Lipinski definition) is 1. The molecule has 1 aromatic heterocycles. The highest BCUT2D eigenvalue weighted by Crippen LogP contribution is 2.35. The summed E-state index contributed by atoms with van der Waals surface area (Å²) in [5.41, 5.74) is 1.33. The van der Waals surface area contributed by atoms with E-state index in [0.717, 1.165) is 12.3 Å². The molecule has 0 aliphatic heterocycles. The molecule has 3 nitrogen and oxygen atoms in total. The average Bonchev–Trinajstić information content (AvgIpc) is 2.89. The average molecular weight is 249 g/mol. The minimum absolute atomic E-state index is 0.447. The van der Waals surface area contributed by atoms with Crippen molar-refractivity contribution in [3.05, 3.63) is 18.0 Å². The lowest BCUT2D eigenvalue weighted by Crippen LogP contribution is -2.23. The molecule has 1 aliphatic rings. The summed E-state index contributed by atoms with van der Waals surface area (Å²) in [5, 5.41) is 7.99. The zero-order chi connectivity index (χ0) is 13.0. The monoisotopic (exact) mass is 249 g/mol. The molecule has 3 atom stereocenters. The van der Waals surface area contributed by atoms with Gasteiger partial charge < -0.3 is 5.32 Å². The zero-order valence-electron chi connectivity index (χ0n) is 12.0. The van der Waals surface area contributed by atoms with Crippen molar-refractivity contribution in [1.29, 1.82) is 0 Å². The first kappa shape index (κ1) is 13.6. The lowest BCUT2D eigenvalue weighted by Gasteiger charge is -2.31. The van der Waals surface area contributed by atoms with E-state index in [4.69, 9.17) is 0 Å². The molecule has 0 bridgehead atoms. The van der Waals surface area contributed by atoms with Gasteiger partial charge in [0.15, 0.2) is 0 Å². The highest BCUT2D eigenvalue weighted by molar-refractivity contribution is 5.10. The molecule has 18 heavy (non-hydrogen) atoms. The van der Waals surface area contributed by atoms with E-state index in [1.807, 2.05) is 13.2 Å². The summed E-state index contributed by atoms with van der Waals surface area (Å²) in [4.78, 5) is 0. The van der Waals surface area contributed by atoms with Crippen LogP contribution in [-0.4, -0.2) is 16.8 Å². The first-order valence-corrected chi connectivity index (χ1v) is 7.51. The van der Waals surface area contributed by atoms with Crippen molar-refractivity contribution in [2.75, 3.05) is 7.05 Å². The Bertz CT molecular complexity index is 354. The van der Waals surface area contributed by atoms with Gasteiger partial charge in [0, 0.05) is 17.8 Å². The second-order valence-corrected chi connectivity index (χ2v) is 5.52. The van der Waals surface area contributed by atoms with Crippen LogP contribution in [0.2, 0.25) is 0 Å². The lowest BCUT2D eigenvalue weighted by atomic mass is 9.83. The lowest BCUT2D eigenvalue weighted by molar-refractivity contribution is 0.217. The second-order valence-electron chi connectivity index (χ2n) is 5.52. The third-order valence-electron chi connectivity index (χ3n) is 4.51. The van der Waals surface area contributed by atoms with Gasteiger partial charge in [-0.2, -0.15) is 5.10 Å². The van der Waals surface area contributed by atoms with Crippen LogP contribution in [0.4, 0.5) is 0 Å². The summed E-state index contributed by atoms with van der Waals surface area (Å²) in [7, 11) is 2.03. The minimum atomic E-state index is 0.447. The maximum absolute atomic E-state index is 4.63. The van der Waals surface area contributed by atoms with E-state index in [9.17, 15) is 0 Å². The van der Waals surface area contributed by atoms with Gasteiger partial charge in [-0.1, -0.05) is 33.1 Å². The Morgan fingerprint density at radius 3 is 2.83 bits per heavy atom. The summed E-state index contributed by atoms with van der Waals surface area (Å²) < 4.78 is 2.24. The van der Waals surface area contributed by atoms with Crippen LogP contribution in [-0.2, 0) is 0 Å². The van der Waals surface area contributed by atoms with Gasteiger partial charge in [0.25, 0.3) is 0 Å². The predicted molar refractivity (Wildman–Crippen MR) is 75.6 cm³/mol. The maximum atomic E-state index is 4.63. The number of aromatic nitrogens is 2. The van der Waals surface area contributed by atoms with E-state index in [2.05, 4.69) is 35.1 Å². The molecule has 1 saturated carbocycles. The van der Waals surface area contributed by atoms with E-state index in [1.54, 1.807) is 0 Å². The van der Waals surface area contributed by atoms with Crippen molar-refractivity contribution >= 4 is 0 Å². The number of nitrogens with zero attached hydrogens (tertiary/aromatic N) is 2. The molecule has 0 saturated heterocycles. The molecule has 0 spiro atoms. The Balaban J connectivity index is 2.12. The van der Waals surface area contributed by atoms with E-state index in [1.165, 1.54) is 37.7 Å². The number of hydrogen-bond acceptors (Lipinski definition) is 2. The third-order valence-corrected chi connectivity index (χ3v) is 4.51. The fourth-order valence-corrected chi connectivity index (χ4v) is 3.33. The highest BCUT2D eigenvalue weighted by Gasteiger charge is 2.26. The Morgan fingerprint density at radius 2 is 2.17 bits per heavy atom. The van der Waals surface area contributed by atoms with Crippen molar-refractivity contribution in [3.63, 3.8) is 0 Å². The fourth-order valence-electron chi connectivity index (χ4n) is 3.33. The first-order valence-electron chi connectivity index (χ1n) is 7.51. The van der Waals surface area contributed by atoms with Crippen LogP contribution in [0.5, 0.6) is 0 Å². The molecule has 1 fully saturated rings. The Hall–Kier alpha value is -0.830. The normalized spacial score (nSPS) is 26.2. The van der Waals surface area contributed by atoms with Crippen LogP contribution in [0.15, 0.2) is 12.4 Å². The van der Waals surface area contributed by atoms with E-state index < -0.39 is 0 Å². The first-order chi connectivity index (χ1) is 8.80. The van der Waals surface area contributed by atoms with Gasteiger partial charge in [0.05, 0.1) is 12.2 Å². The van der Waals surface area contributed by atoms with Crippen molar-refractivity contribution < 1.29 is 0 Å². The molecule has 2 rings (SSSR count). The summed E-state index contributed by atoms with van der Waals surface area (Å²) in [6.07, 6.45) is 12.1. The Kier molecular flexibility index (Phi) is 4.81. The molecule has 1 heterocycles. The molecule has 0 aromatic carbocycles. The molecule has 3 heteroatoms. The molecule has 102 valence electrons. The van der Waals surface area contributed by atoms with Gasteiger partial charge in [-0.3, -0.25) is 4.68 Å². The zero-order valence-corrected chi connectivity index (χ0v) is 12.0. The van der Waals surface area contributed by atoms with E-state index >= 15 is 0 Å². The van der Waals surface area contributed by atoms with Gasteiger partial charge in [0.2, 0.25) is 0 Å². The van der Waals surface area contributed by atoms with Crippen molar-refractivity contribution in [1.82, 2.24) is 15.1 Å². The summed E-state index contributed by atoms with van der Waals surface area (Å²) in [5.74, 6) is 0.821. The third kappa shape index (κ3) is 2.77. The SMILES string of the molecule is CCC(NC)c1cnn(C2CCCCC2CC)c1. The highest BCUT2D eigenvalue weighted by atomic mass is 15.3. The molecule has 1 aliphatic carbocycles. The van der Waals surface area contributed by atoms with Gasteiger partial charge in [-0.25, -0.2) is 0 Å². The fraction of sp³-hybridized carbons (Fsp3) is 0.800. The molecular weight excluding hydrogens is 222 g/mol. The van der Waals surface area contributed by atoms with Gasteiger partial charge in [-0.05, 0) is 32.2 Å². The van der Waals surface area contributed by atoms with Gasteiger partial charge >= 0.3 is 0 Å². The van der Waals surface area contributed by atoms with Crippen LogP contribution in [0.25, 0.3) is 0 Å². The van der Waals surface area contributed by atoms with Gasteiger partial charge in [-0.15, -0.1) is 0 Å². The van der Waals surface area contributed by atoms with E-state index in [-0.39, 0.29) is 0 Å². The maximum Gasteiger partial charge on any atom is 0.0547 e. The topological polar surface area (TPSA) is 29.9 Å². The quantitative estimate of drug-likeness (QED) is 0.862. The molecule has 1 aromatic rings. The van der Waals surface area contributed by atoms with Crippen LogP contribution >= 0.6 is 0 Å². The minimum Gasteiger partial charge on any atom is -0.313 e. The van der Waals surface area contributed by atoms with Crippen molar-refractivity contribution in [3.8, 4) is 0 Å². The van der Waals surface area contributed by atoms with Crippen LogP contribution in [0.1, 0.15) is 70.0 Å². The number of rotatable bonds is 5. The van der Waals surface area contributed by atoms with E-state index in [0.29, 0.717) is 12.1 Å². The van der Waals surface area contributed by atoms with Gasteiger partial charge in [0.1, 0.15) is 0 Å². The summed E-state index contributed by atoms with van der Waals surface area (Å²) in [6.45, 7) is 4.53. The molecule has 1 N–H and O–H groups in total. The Labute approximate surface area is 111 Å². The number of nitrogens with one attached hydrogen (secondary N) is 1. The largest absolute Gasteiger partial charge is 0.313 e. The smallest absolute Gasteiger partial charge is 0.0547 e. The van der Waals surface area contributed by atoms with Crippen molar-refractivity contribution in [2.45, 2.75) is 64.5 Å². The summed E-state index contributed by atoms with van der Waals surface area (Å²) in [6, 6.07) is 1.08. The molecule has 3 unspecified atom stereocenters. The predicted octanol–water partition coefficient (Wildman–Crippen LogP) is 3.69. The molecule has 0 radical (unpaired) electrons. The van der Waals surface area contributed by atoms with Crippen LogP contribution < -0.4 is 5.32 Å². The summed E-state index contributed by atoms with van der Waals surface area (Å²) >= 11 is 0. The standard InChI is InChI=1S/C15H27N3/c1-4-12-8-6-7-9-15(12)18-11-13(10-17-18)14(5-2)16-3/h10-12,14-16H,4-9H2,1-3H3. The van der Waals surface area contributed by atoms with Crippen molar-refractivity contribution in [2.24, 2.45) is 5.92 Å².